The van der Waals surface area contributed by atoms with Crippen molar-refractivity contribution in [2.45, 2.75) is 6.42 Å². The summed E-state index contributed by atoms with van der Waals surface area (Å²) in [7, 11) is -1.97. The van der Waals surface area contributed by atoms with E-state index in [4.69, 9.17) is 25.8 Å². The maximum Gasteiger partial charge on any atom is 0.633 e. The SMILES string of the molecule is N#CCC(C#N)C(C#N)COB(O)O. The van der Waals surface area contributed by atoms with Gasteiger partial charge in [0.25, 0.3) is 0 Å². The zero-order valence-electron chi connectivity index (χ0n) is 7.29. The van der Waals surface area contributed by atoms with Gasteiger partial charge < -0.3 is 14.7 Å². The van der Waals surface area contributed by atoms with Gasteiger partial charge in [0, 0.05) is 0 Å². The lowest BCUT2D eigenvalue weighted by atomic mass is 9.93. The first-order chi connectivity index (χ1) is 6.65. The van der Waals surface area contributed by atoms with Crippen LogP contribution in [0.2, 0.25) is 0 Å². The van der Waals surface area contributed by atoms with Gasteiger partial charge in [0.2, 0.25) is 0 Å². The minimum atomic E-state index is -1.97. The Bertz CT molecular complexity index is 288. The monoisotopic (exact) mass is 193 g/mol. The Kier molecular flexibility index (Phi) is 6.10. The lowest BCUT2D eigenvalue weighted by molar-refractivity contribution is 0.159. The third-order valence-corrected chi connectivity index (χ3v) is 1.55. The quantitative estimate of drug-likeness (QED) is 0.549. The molecule has 0 aliphatic heterocycles. The van der Waals surface area contributed by atoms with Crippen LogP contribution in [0, 0.1) is 45.8 Å². The summed E-state index contributed by atoms with van der Waals surface area (Å²) < 4.78 is 4.35. The molecule has 0 aliphatic rings. The molecule has 0 heterocycles. The summed E-state index contributed by atoms with van der Waals surface area (Å²) in [5.74, 6) is -1.61. The van der Waals surface area contributed by atoms with E-state index in [1.54, 1.807) is 18.2 Å². The van der Waals surface area contributed by atoms with Crippen molar-refractivity contribution < 1.29 is 14.7 Å². The standard InChI is InChI=1S/C7H8BN3O3/c9-2-1-6(3-10)7(4-11)5-14-8(12)13/h6-7,12-13H,1,5H2. The van der Waals surface area contributed by atoms with Gasteiger partial charge in [0.15, 0.2) is 0 Å². The molecule has 0 saturated carbocycles. The van der Waals surface area contributed by atoms with Crippen LogP contribution in [0.3, 0.4) is 0 Å². The molecule has 14 heavy (non-hydrogen) atoms. The van der Waals surface area contributed by atoms with E-state index in [1.807, 2.05) is 0 Å². The zero-order valence-corrected chi connectivity index (χ0v) is 7.29. The molecule has 0 spiro atoms. The summed E-state index contributed by atoms with van der Waals surface area (Å²) in [4.78, 5) is 0. The molecule has 0 aromatic heterocycles. The number of nitriles is 3. The Labute approximate surface area is 81.7 Å². The second kappa shape index (κ2) is 6.88. The fourth-order valence-corrected chi connectivity index (χ4v) is 0.809. The highest BCUT2D eigenvalue weighted by Gasteiger charge is 2.23. The fourth-order valence-electron chi connectivity index (χ4n) is 0.809. The van der Waals surface area contributed by atoms with Gasteiger partial charge in [-0.2, -0.15) is 15.8 Å². The molecular weight excluding hydrogens is 185 g/mol. The van der Waals surface area contributed by atoms with Crippen LogP contribution in [-0.2, 0) is 4.65 Å². The fraction of sp³-hybridized carbons (Fsp3) is 0.571. The summed E-state index contributed by atoms with van der Waals surface area (Å²) >= 11 is 0. The molecule has 0 rings (SSSR count). The summed E-state index contributed by atoms with van der Waals surface area (Å²) in [6.45, 7) is -0.284. The Hall–Kier alpha value is -1.59. The van der Waals surface area contributed by atoms with Gasteiger partial charge >= 0.3 is 7.32 Å². The van der Waals surface area contributed by atoms with Crippen molar-refractivity contribution >= 4 is 7.32 Å². The normalized spacial score (nSPS) is 13.1. The highest BCUT2D eigenvalue weighted by atomic mass is 16.6. The molecule has 2 atom stereocenters. The first-order valence-electron chi connectivity index (χ1n) is 3.79. The molecule has 0 aromatic rings. The van der Waals surface area contributed by atoms with E-state index in [2.05, 4.69) is 4.65 Å². The van der Waals surface area contributed by atoms with Crippen molar-refractivity contribution in [3.8, 4) is 18.2 Å². The Morgan fingerprint density at radius 2 is 1.71 bits per heavy atom. The van der Waals surface area contributed by atoms with E-state index in [0.717, 1.165) is 0 Å². The number of hydrogen-bond donors (Lipinski definition) is 2. The molecular formula is C7H8BN3O3. The van der Waals surface area contributed by atoms with Crippen molar-refractivity contribution in [2.75, 3.05) is 6.61 Å². The van der Waals surface area contributed by atoms with Crippen LogP contribution in [0.4, 0.5) is 0 Å². The molecule has 0 amide bonds. The minimum Gasteiger partial charge on any atom is -0.402 e. The van der Waals surface area contributed by atoms with Gasteiger partial charge in [-0.15, -0.1) is 0 Å². The van der Waals surface area contributed by atoms with Crippen molar-refractivity contribution in [1.82, 2.24) is 0 Å². The third-order valence-electron chi connectivity index (χ3n) is 1.55. The summed E-state index contributed by atoms with van der Waals surface area (Å²) in [5, 5.41) is 42.3. The van der Waals surface area contributed by atoms with Crippen molar-refractivity contribution in [3.63, 3.8) is 0 Å². The van der Waals surface area contributed by atoms with E-state index in [0.29, 0.717) is 0 Å². The Morgan fingerprint density at radius 3 is 2.07 bits per heavy atom. The van der Waals surface area contributed by atoms with Crippen LogP contribution >= 0.6 is 0 Å². The number of nitrogens with zero attached hydrogens (tertiary/aromatic N) is 3. The van der Waals surface area contributed by atoms with E-state index in [1.165, 1.54) is 0 Å². The predicted octanol–water partition coefficient (Wildman–Crippen LogP) is -0.834. The van der Waals surface area contributed by atoms with Gasteiger partial charge in [0.1, 0.15) is 0 Å². The van der Waals surface area contributed by atoms with Crippen molar-refractivity contribution in [2.24, 2.45) is 11.8 Å². The molecule has 72 valence electrons. The van der Waals surface area contributed by atoms with Crippen molar-refractivity contribution in [3.05, 3.63) is 0 Å². The summed E-state index contributed by atoms with van der Waals surface area (Å²) in [6, 6.07) is 5.33. The molecule has 0 aliphatic carbocycles. The van der Waals surface area contributed by atoms with E-state index in [9.17, 15) is 0 Å². The lowest BCUT2D eigenvalue weighted by Gasteiger charge is -2.12. The second-order valence-electron chi connectivity index (χ2n) is 2.49. The summed E-state index contributed by atoms with van der Waals surface area (Å²) in [6.07, 6.45) is -0.0837. The molecule has 0 saturated heterocycles. The smallest absolute Gasteiger partial charge is 0.402 e. The van der Waals surface area contributed by atoms with E-state index < -0.39 is 19.2 Å². The van der Waals surface area contributed by atoms with Gasteiger partial charge in [-0.1, -0.05) is 0 Å². The maximum absolute atomic E-state index is 8.61. The molecule has 0 bridgehead atoms. The van der Waals surface area contributed by atoms with Crippen LogP contribution in [0.25, 0.3) is 0 Å². The molecule has 2 unspecified atom stereocenters. The van der Waals surface area contributed by atoms with E-state index in [-0.39, 0.29) is 13.0 Å². The molecule has 0 aromatic carbocycles. The Balaban J connectivity index is 4.20. The number of hydrogen-bond acceptors (Lipinski definition) is 6. The van der Waals surface area contributed by atoms with Gasteiger partial charge in [0.05, 0.1) is 43.1 Å². The van der Waals surface area contributed by atoms with Crippen LogP contribution in [0.5, 0.6) is 0 Å². The summed E-state index contributed by atoms with van der Waals surface area (Å²) in [5.41, 5.74) is 0. The van der Waals surface area contributed by atoms with Crippen LogP contribution < -0.4 is 0 Å². The topological polar surface area (TPSA) is 121 Å². The zero-order chi connectivity index (χ0) is 11.0. The van der Waals surface area contributed by atoms with Crippen LogP contribution in [0.1, 0.15) is 6.42 Å². The van der Waals surface area contributed by atoms with Crippen LogP contribution in [-0.4, -0.2) is 24.0 Å². The van der Waals surface area contributed by atoms with Gasteiger partial charge in [-0.3, -0.25) is 0 Å². The predicted molar refractivity (Wildman–Crippen MR) is 44.6 cm³/mol. The second-order valence-corrected chi connectivity index (χ2v) is 2.49. The van der Waals surface area contributed by atoms with Crippen LogP contribution in [0.15, 0.2) is 0 Å². The molecule has 0 radical (unpaired) electrons. The van der Waals surface area contributed by atoms with E-state index >= 15 is 0 Å². The minimum absolute atomic E-state index is 0.0837. The van der Waals surface area contributed by atoms with Gasteiger partial charge in [-0.05, 0) is 0 Å². The molecule has 7 heteroatoms. The van der Waals surface area contributed by atoms with Gasteiger partial charge in [-0.25, -0.2) is 0 Å². The lowest BCUT2D eigenvalue weighted by Crippen LogP contribution is -2.24. The average molecular weight is 193 g/mol. The Morgan fingerprint density at radius 1 is 1.14 bits per heavy atom. The average Bonchev–Trinajstić information content (AvgIpc) is 2.16. The highest BCUT2D eigenvalue weighted by molar-refractivity contribution is 6.32. The first kappa shape index (κ1) is 12.4. The molecule has 6 nitrogen and oxygen atoms in total. The largest absolute Gasteiger partial charge is 0.633 e. The number of rotatable bonds is 5. The highest BCUT2D eigenvalue weighted by Crippen LogP contribution is 2.14. The third kappa shape index (κ3) is 4.44. The van der Waals surface area contributed by atoms with Crippen molar-refractivity contribution in [1.29, 1.82) is 15.8 Å². The molecule has 0 fully saturated rings. The molecule has 2 N–H and O–H groups in total. The maximum atomic E-state index is 8.61. The first-order valence-corrected chi connectivity index (χ1v) is 3.79.